The van der Waals surface area contributed by atoms with E-state index in [0.29, 0.717) is 17.7 Å². The van der Waals surface area contributed by atoms with E-state index in [1.54, 1.807) is 0 Å². The molecule has 0 saturated carbocycles. The van der Waals surface area contributed by atoms with Crippen LogP contribution in [0.1, 0.15) is 44.9 Å². The molecule has 2 aliphatic rings. The summed E-state index contributed by atoms with van der Waals surface area (Å²) in [5.41, 5.74) is 5.43. The lowest BCUT2D eigenvalue weighted by Gasteiger charge is -2.16. The normalized spacial score (nSPS) is 22.8. The van der Waals surface area contributed by atoms with Gasteiger partial charge in [0.2, 0.25) is 5.91 Å². The van der Waals surface area contributed by atoms with Crippen molar-refractivity contribution in [2.45, 2.75) is 68.5 Å². The first-order chi connectivity index (χ1) is 13.6. The largest absolute Gasteiger partial charge is 0.490 e. The molecule has 2 rings (SSSR count). The van der Waals surface area contributed by atoms with Crippen molar-refractivity contribution in [3.63, 3.8) is 0 Å². The maximum Gasteiger partial charge on any atom is 0.490 e. The van der Waals surface area contributed by atoms with E-state index < -0.39 is 12.1 Å². The van der Waals surface area contributed by atoms with E-state index in [0.717, 1.165) is 57.4 Å². The Bertz CT molecular complexity index is 551. The van der Waals surface area contributed by atoms with Gasteiger partial charge < -0.3 is 26.8 Å². The molecule has 0 aliphatic carbocycles. The summed E-state index contributed by atoms with van der Waals surface area (Å²) in [6, 6.07) is 0.530. The van der Waals surface area contributed by atoms with Crippen molar-refractivity contribution < 1.29 is 32.7 Å². The number of carboxylic acids is 1. The Hall–Kier alpha value is -1.69. The number of hydrogen-bond donors (Lipinski definition) is 5. The van der Waals surface area contributed by atoms with Gasteiger partial charge in [-0.25, -0.2) is 9.59 Å². The van der Waals surface area contributed by atoms with Gasteiger partial charge in [-0.2, -0.15) is 24.9 Å². The van der Waals surface area contributed by atoms with Gasteiger partial charge in [0.25, 0.3) is 0 Å². The summed E-state index contributed by atoms with van der Waals surface area (Å²) >= 11 is 1.93. The van der Waals surface area contributed by atoms with E-state index >= 15 is 0 Å². The number of aliphatic carboxylic acids is 1. The second-order valence-corrected chi connectivity index (χ2v) is 8.14. The number of urea groups is 1. The second kappa shape index (κ2) is 12.8. The molecule has 8 nitrogen and oxygen atoms in total. The maximum absolute atomic E-state index is 11.7. The zero-order valence-electron chi connectivity index (χ0n) is 16.1. The van der Waals surface area contributed by atoms with Crippen LogP contribution in [0.2, 0.25) is 0 Å². The van der Waals surface area contributed by atoms with Gasteiger partial charge in [-0.1, -0.05) is 12.8 Å². The quantitative estimate of drug-likeness (QED) is 0.258. The number of amides is 3. The highest BCUT2D eigenvalue weighted by Gasteiger charge is 2.42. The predicted molar refractivity (Wildman–Crippen MR) is 104 cm³/mol. The topological polar surface area (TPSA) is 134 Å². The van der Waals surface area contributed by atoms with Crippen LogP contribution >= 0.6 is 11.8 Å². The maximum atomic E-state index is 11.7. The highest BCUT2D eigenvalue weighted by molar-refractivity contribution is 8.00. The van der Waals surface area contributed by atoms with E-state index in [9.17, 15) is 22.8 Å². The minimum Gasteiger partial charge on any atom is -0.475 e. The van der Waals surface area contributed by atoms with Gasteiger partial charge in [-0.15, -0.1) is 0 Å². The molecule has 3 amide bonds. The van der Waals surface area contributed by atoms with Crippen LogP contribution in [0, 0.1) is 0 Å². The minimum atomic E-state index is -5.08. The molecule has 0 aromatic carbocycles. The first-order valence-corrected chi connectivity index (χ1v) is 10.7. The van der Waals surface area contributed by atoms with Crippen LogP contribution in [0.4, 0.5) is 18.0 Å². The summed E-state index contributed by atoms with van der Waals surface area (Å²) < 4.78 is 31.7. The van der Waals surface area contributed by atoms with Crippen LogP contribution in [-0.4, -0.2) is 65.4 Å². The molecule has 29 heavy (non-hydrogen) atoms. The molecular weight excluding hydrogens is 413 g/mol. The van der Waals surface area contributed by atoms with Crippen molar-refractivity contribution in [1.82, 2.24) is 16.0 Å². The van der Waals surface area contributed by atoms with Gasteiger partial charge in [0, 0.05) is 24.0 Å². The van der Waals surface area contributed by atoms with Gasteiger partial charge in [0.1, 0.15) is 0 Å². The summed E-state index contributed by atoms with van der Waals surface area (Å²) in [4.78, 5) is 31.9. The van der Waals surface area contributed by atoms with Crippen molar-refractivity contribution in [1.29, 1.82) is 0 Å². The van der Waals surface area contributed by atoms with Crippen LogP contribution in [0.15, 0.2) is 0 Å². The molecule has 2 unspecified atom stereocenters. The van der Waals surface area contributed by atoms with E-state index in [-0.39, 0.29) is 18.0 Å². The summed E-state index contributed by atoms with van der Waals surface area (Å²) in [6.45, 7) is 1.49. The summed E-state index contributed by atoms with van der Waals surface area (Å²) in [7, 11) is 0. The Morgan fingerprint density at radius 2 is 1.86 bits per heavy atom. The Balaban J connectivity index is 0.000000516. The SMILES string of the molecule is NCCCCCNC(=O)CCCC[C@@H]1SCC2NC(=O)NC21.O=C(O)C(F)(F)F. The molecule has 6 N–H and O–H groups in total. The Labute approximate surface area is 171 Å². The molecular formula is C17H29F3N4O4S. The van der Waals surface area contributed by atoms with E-state index in [1.807, 2.05) is 11.8 Å². The van der Waals surface area contributed by atoms with Gasteiger partial charge >= 0.3 is 18.2 Å². The standard InChI is InChI=1S/C15H28N4O2S.C2HF3O2/c16-8-4-1-5-9-17-13(20)7-3-2-6-12-14-11(10-22-12)18-15(21)19-14;3-2(4,5)1(6)7/h11-12,14H,1-10,16H2,(H,17,20)(H2,18,19,21);(H,6,7)/t11?,12-,14?;/m0./s1. The van der Waals surface area contributed by atoms with Gasteiger partial charge in [0.15, 0.2) is 0 Å². The lowest BCUT2D eigenvalue weighted by molar-refractivity contribution is -0.192. The minimum absolute atomic E-state index is 0.0330. The average molecular weight is 443 g/mol. The number of nitrogens with one attached hydrogen (secondary N) is 3. The average Bonchev–Trinajstić information content (AvgIpc) is 3.17. The number of nitrogens with two attached hydrogens (primary N) is 1. The third-order valence-corrected chi connectivity index (χ3v) is 6.03. The van der Waals surface area contributed by atoms with Gasteiger partial charge in [-0.3, -0.25) is 4.79 Å². The van der Waals surface area contributed by atoms with Crippen molar-refractivity contribution in [2.75, 3.05) is 18.8 Å². The summed E-state index contributed by atoms with van der Waals surface area (Å²) in [5.74, 6) is -1.61. The number of carboxylic acid groups (broad SMARTS) is 1. The fourth-order valence-electron chi connectivity index (χ4n) is 3.04. The number of thioether (sulfide) groups is 1. The number of unbranched alkanes of at least 4 members (excludes halogenated alkanes) is 3. The zero-order valence-corrected chi connectivity index (χ0v) is 16.9. The third kappa shape index (κ3) is 10.1. The highest BCUT2D eigenvalue weighted by Crippen LogP contribution is 2.33. The van der Waals surface area contributed by atoms with Crippen LogP contribution in [-0.2, 0) is 9.59 Å². The molecule has 2 heterocycles. The number of rotatable bonds is 10. The molecule has 3 atom stereocenters. The molecule has 0 spiro atoms. The molecule has 12 heteroatoms. The van der Waals surface area contributed by atoms with Gasteiger partial charge in [-0.05, 0) is 32.2 Å². The number of hydrogen-bond acceptors (Lipinski definition) is 5. The van der Waals surface area contributed by atoms with E-state index in [2.05, 4.69) is 16.0 Å². The number of carbonyl (C=O) groups is 3. The lowest BCUT2D eigenvalue weighted by Crippen LogP contribution is -2.36. The summed E-state index contributed by atoms with van der Waals surface area (Å²) in [6.07, 6.45) is 1.67. The predicted octanol–water partition coefficient (Wildman–Crippen LogP) is 1.59. The van der Waals surface area contributed by atoms with Crippen LogP contribution in [0.3, 0.4) is 0 Å². The summed E-state index contributed by atoms with van der Waals surface area (Å²) in [5, 5.41) is 16.5. The molecule has 168 valence electrons. The number of fused-ring (bicyclic) bond motifs is 1. The molecule has 0 radical (unpaired) electrons. The second-order valence-electron chi connectivity index (χ2n) is 6.87. The van der Waals surface area contributed by atoms with Crippen molar-refractivity contribution in [3.8, 4) is 0 Å². The fraction of sp³-hybridized carbons (Fsp3) is 0.824. The van der Waals surface area contributed by atoms with Crippen molar-refractivity contribution in [3.05, 3.63) is 0 Å². The van der Waals surface area contributed by atoms with E-state index in [1.165, 1.54) is 0 Å². The van der Waals surface area contributed by atoms with Gasteiger partial charge in [0.05, 0.1) is 12.1 Å². The van der Waals surface area contributed by atoms with Crippen LogP contribution in [0.5, 0.6) is 0 Å². The van der Waals surface area contributed by atoms with Crippen molar-refractivity contribution >= 4 is 29.7 Å². The first-order valence-electron chi connectivity index (χ1n) is 9.60. The molecule has 0 bridgehead atoms. The van der Waals surface area contributed by atoms with Crippen LogP contribution < -0.4 is 21.7 Å². The van der Waals surface area contributed by atoms with E-state index in [4.69, 9.17) is 15.6 Å². The number of halogens is 3. The Morgan fingerprint density at radius 1 is 1.17 bits per heavy atom. The fourth-order valence-corrected chi connectivity index (χ4v) is 4.58. The van der Waals surface area contributed by atoms with Crippen molar-refractivity contribution in [2.24, 2.45) is 5.73 Å². The molecule has 2 fully saturated rings. The molecule has 0 aromatic rings. The Kier molecular flexibility index (Phi) is 11.2. The molecule has 2 aliphatic heterocycles. The zero-order chi connectivity index (χ0) is 21.9. The number of carbonyl (C=O) groups excluding carboxylic acids is 2. The highest BCUT2D eigenvalue weighted by atomic mass is 32.2. The molecule has 0 aromatic heterocycles. The monoisotopic (exact) mass is 442 g/mol. The lowest BCUT2D eigenvalue weighted by atomic mass is 10.0. The third-order valence-electron chi connectivity index (χ3n) is 4.53. The number of alkyl halides is 3. The smallest absolute Gasteiger partial charge is 0.475 e. The molecule has 2 saturated heterocycles. The first kappa shape index (κ1) is 25.3. The Morgan fingerprint density at radius 3 is 2.48 bits per heavy atom. The van der Waals surface area contributed by atoms with Crippen LogP contribution in [0.25, 0.3) is 0 Å².